The average molecular weight is 289 g/mol. The van der Waals surface area contributed by atoms with E-state index in [2.05, 4.69) is 30.2 Å². The Morgan fingerprint density at radius 1 is 1.46 bits per heavy atom. The summed E-state index contributed by atoms with van der Waals surface area (Å²) in [6, 6.07) is 6.25. The third-order valence-corrected chi connectivity index (χ3v) is 1.96. The first kappa shape index (κ1) is 12.6. The minimum atomic E-state index is 0. The summed E-state index contributed by atoms with van der Waals surface area (Å²) in [5, 5.41) is 0. The van der Waals surface area contributed by atoms with Gasteiger partial charge in [0.2, 0.25) is 0 Å². The highest BCUT2D eigenvalue weighted by molar-refractivity contribution is 5.04. The lowest BCUT2D eigenvalue weighted by molar-refractivity contribution is -0.577. The molecule has 13 heavy (non-hydrogen) atoms. The highest BCUT2D eigenvalue weighted by Crippen LogP contribution is 1.98. The summed E-state index contributed by atoms with van der Waals surface area (Å²) in [7, 11) is 0. The summed E-state index contributed by atoms with van der Waals surface area (Å²) in [5.41, 5.74) is 1.34. The van der Waals surface area contributed by atoms with Crippen molar-refractivity contribution in [1.82, 2.24) is 0 Å². The molecular formula is C11H16IN. The zero-order valence-corrected chi connectivity index (χ0v) is 10.2. The number of rotatable bonds is 4. The number of halogens is 1. The zero-order chi connectivity index (χ0) is 8.81. The van der Waals surface area contributed by atoms with E-state index in [-0.39, 0.29) is 24.0 Å². The van der Waals surface area contributed by atoms with Crippen LogP contribution in [0.2, 0.25) is 0 Å². The molecule has 0 aliphatic carbocycles. The van der Waals surface area contributed by atoms with Crippen LogP contribution in [0.1, 0.15) is 25.5 Å². The molecule has 0 saturated heterocycles. The van der Waals surface area contributed by atoms with Crippen LogP contribution in [0.15, 0.2) is 31.0 Å². The average Bonchev–Trinajstić information content (AvgIpc) is 2.15. The largest absolute Gasteiger partial charge is 1.00 e. The summed E-state index contributed by atoms with van der Waals surface area (Å²) >= 11 is 0. The Kier molecular flexibility index (Phi) is 6.86. The fourth-order valence-electron chi connectivity index (χ4n) is 1.24. The van der Waals surface area contributed by atoms with E-state index < -0.39 is 0 Å². The topological polar surface area (TPSA) is 3.88 Å². The molecule has 0 fully saturated rings. The quantitative estimate of drug-likeness (QED) is 0.516. The lowest BCUT2D eigenvalue weighted by atomic mass is 10.2. The summed E-state index contributed by atoms with van der Waals surface area (Å²) in [6.07, 6.45) is 7.52. The lowest BCUT2D eigenvalue weighted by Gasteiger charge is -1.96. The second-order valence-corrected chi connectivity index (χ2v) is 2.89. The van der Waals surface area contributed by atoms with Gasteiger partial charge in [0.15, 0.2) is 18.1 Å². The molecule has 1 heterocycles. The molecule has 0 amide bonds. The summed E-state index contributed by atoms with van der Waals surface area (Å²) < 4.78 is 2.08. The van der Waals surface area contributed by atoms with Gasteiger partial charge in [-0.15, -0.1) is 0 Å². The molecule has 0 spiro atoms. The molecule has 0 radical (unpaired) electrons. The van der Waals surface area contributed by atoms with Crippen molar-refractivity contribution in [3.8, 4) is 0 Å². The van der Waals surface area contributed by atoms with Gasteiger partial charge in [-0.25, -0.2) is 0 Å². The molecule has 0 atom stereocenters. The molecule has 1 nitrogen and oxygen atoms in total. The van der Waals surface area contributed by atoms with Crippen LogP contribution in [0.3, 0.4) is 0 Å². The molecule has 1 rings (SSSR count). The van der Waals surface area contributed by atoms with Crippen LogP contribution in [0.4, 0.5) is 0 Å². The Bertz CT molecular complexity index is 258. The smallest absolute Gasteiger partial charge is 0.186 e. The monoisotopic (exact) mass is 289 g/mol. The zero-order valence-electron chi connectivity index (χ0n) is 8.04. The van der Waals surface area contributed by atoms with Crippen molar-refractivity contribution in [2.45, 2.75) is 26.2 Å². The molecule has 1 aromatic heterocycles. The molecule has 72 valence electrons. The number of pyridine rings is 1. The Morgan fingerprint density at radius 3 is 2.85 bits per heavy atom. The maximum Gasteiger partial charge on any atom is 0.186 e. The molecule has 0 bridgehead atoms. The van der Waals surface area contributed by atoms with Gasteiger partial charge in [0.05, 0.1) is 0 Å². The Balaban J connectivity index is 0.00000144. The Hall–Kier alpha value is -0.380. The third-order valence-electron chi connectivity index (χ3n) is 1.96. The number of aromatic nitrogens is 1. The summed E-state index contributed by atoms with van der Waals surface area (Å²) in [5.74, 6) is 0. The molecule has 0 N–H and O–H groups in total. The van der Waals surface area contributed by atoms with Crippen molar-refractivity contribution >= 4 is 6.20 Å². The van der Waals surface area contributed by atoms with E-state index >= 15 is 0 Å². The van der Waals surface area contributed by atoms with Crippen molar-refractivity contribution in [2.75, 3.05) is 0 Å². The van der Waals surface area contributed by atoms with Crippen LogP contribution in [-0.4, -0.2) is 0 Å². The highest BCUT2D eigenvalue weighted by atomic mass is 127. The van der Waals surface area contributed by atoms with Crippen molar-refractivity contribution in [2.24, 2.45) is 0 Å². The first-order valence-electron chi connectivity index (χ1n) is 4.50. The lowest BCUT2D eigenvalue weighted by Crippen LogP contribution is -3.00. The minimum Gasteiger partial charge on any atom is -1.00 e. The van der Waals surface area contributed by atoms with Crippen LogP contribution >= 0.6 is 0 Å². The second-order valence-electron chi connectivity index (χ2n) is 2.89. The maximum atomic E-state index is 3.76. The SMILES string of the molecule is C=C[n+]1ccccc1CCCC.[I-]. The van der Waals surface area contributed by atoms with Gasteiger partial charge in [0, 0.05) is 18.6 Å². The van der Waals surface area contributed by atoms with Crippen LogP contribution in [0.25, 0.3) is 6.20 Å². The second kappa shape index (κ2) is 7.06. The van der Waals surface area contributed by atoms with E-state index in [0.29, 0.717) is 0 Å². The molecule has 0 aliphatic rings. The fraction of sp³-hybridized carbons (Fsp3) is 0.364. The molecule has 0 aromatic carbocycles. The van der Waals surface area contributed by atoms with Gasteiger partial charge in [-0.3, -0.25) is 0 Å². The van der Waals surface area contributed by atoms with Crippen molar-refractivity contribution in [3.63, 3.8) is 0 Å². The molecular weight excluding hydrogens is 273 g/mol. The number of aryl methyl sites for hydroxylation is 1. The van der Waals surface area contributed by atoms with Gasteiger partial charge in [0.25, 0.3) is 0 Å². The van der Waals surface area contributed by atoms with E-state index in [1.54, 1.807) is 0 Å². The first-order chi connectivity index (χ1) is 5.88. The molecule has 0 aliphatic heterocycles. The van der Waals surface area contributed by atoms with Crippen LogP contribution in [0.5, 0.6) is 0 Å². The molecule has 1 aromatic rings. The van der Waals surface area contributed by atoms with Gasteiger partial charge in [-0.05, 0) is 13.0 Å². The van der Waals surface area contributed by atoms with E-state index in [4.69, 9.17) is 0 Å². The van der Waals surface area contributed by atoms with E-state index in [1.165, 1.54) is 18.5 Å². The Labute approximate surface area is 97.5 Å². The van der Waals surface area contributed by atoms with E-state index in [9.17, 15) is 0 Å². The van der Waals surface area contributed by atoms with Crippen LogP contribution in [-0.2, 0) is 6.42 Å². The van der Waals surface area contributed by atoms with Crippen molar-refractivity contribution < 1.29 is 28.5 Å². The summed E-state index contributed by atoms with van der Waals surface area (Å²) in [6.45, 7) is 5.97. The number of unbranched alkanes of at least 4 members (excludes halogenated alkanes) is 1. The van der Waals surface area contributed by atoms with E-state index in [0.717, 1.165) is 6.42 Å². The minimum absolute atomic E-state index is 0. The Morgan fingerprint density at radius 2 is 2.23 bits per heavy atom. The highest BCUT2D eigenvalue weighted by Gasteiger charge is 2.03. The third kappa shape index (κ3) is 3.89. The normalized spacial score (nSPS) is 9.00. The fourth-order valence-corrected chi connectivity index (χ4v) is 1.24. The number of hydrogen-bond acceptors (Lipinski definition) is 0. The first-order valence-corrected chi connectivity index (χ1v) is 4.50. The van der Waals surface area contributed by atoms with Gasteiger partial charge in [0.1, 0.15) is 0 Å². The standard InChI is InChI=1S/C11H16N.HI/c1-3-5-8-11-9-6-7-10-12(11)4-2;/h4,6-7,9-10H,2-3,5,8H2,1H3;1H/q+1;/p-1. The molecule has 0 saturated carbocycles. The number of nitrogens with zero attached hydrogens (tertiary/aromatic N) is 1. The van der Waals surface area contributed by atoms with Gasteiger partial charge in [-0.1, -0.05) is 19.4 Å². The van der Waals surface area contributed by atoms with Gasteiger partial charge in [-0.2, -0.15) is 4.57 Å². The molecule has 0 unspecified atom stereocenters. The summed E-state index contributed by atoms with van der Waals surface area (Å²) in [4.78, 5) is 0. The van der Waals surface area contributed by atoms with E-state index in [1.807, 2.05) is 18.5 Å². The maximum absolute atomic E-state index is 3.76. The predicted molar refractivity (Wildman–Crippen MR) is 51.6 cm³/mol. The van der Waals surface area contributed by atoms with Gasteiger partial charge < -0.3 is 24.0 Å². The predicted octanol–water partition coefficient (Wildman–Crippen LogP) is -0.579. The van der Waals surface area contributed by atoms with Crippen molar-refractivity contribution in [1.29, 1.82) is 0 Å². The van der Waals surface area contributed by atoms with Crippen LogP contribution < -0.4 is 28.5 Å². The van der Waals surface area contributed by atoms with Crippen LogP contribution in [0, 0.1) is 0 Å². The molecule has 2 heteroatoms. The van der Waals surface area contributed by atoms with Crippen molar-refractivity contribution in [3.05, 3.63) is 36.7 Å². The van der Waals surface area contributed by atoms with Gasteiger partial charge >= 0.3 is 0 Å². The number of hydrogen-bond donors (Lipinski definition) is 0.